The molecule has 0 aliphatic heterocycles. The molecule has 0 fully saturated rings. The fraction of sp³-hybridized carbons (Fsp3) is 0.831. The van der Waals surface area contributed by atoms with Crippen LogP contribution in [0.4, 0.5) is 0 Å². The number of carbonyl (C=O) groups is 1. The van der Waals surface area contributed by atoms with Gasteiger partial charge in [0.1, 0.15) is 0 Å². The van der Waals surface area contributed by atoms with E-state index in [-0.39, 0.29) is 0 Å². The molecule has 0 aliphatic carbocycles. The van der Waals surface area contributed by atoms with Gasteiger partial charge in [-0.15, -0.1) is 0 Å². The van der Waals surface area contributed by atoms with Gasteiger partial charge in [-0.25, -0.2) is 4.79 Å². The molecule has 2 heteroatoms. The fourth-order valence-corrected chi connectivity index (χ4v) is 11.3. The van der Waals surface area contributed by atoms with E-state index < -0.39 is 5.97 Å². The highest BCUT2D eigenvalue weighted by atomic mass is 16.4. The predicted octanol–water partition coefficient (Wildman–Crippen LogP) is 23.0. The minimum Gasteiger partial charge on any atom is -0.478 e. The second-order valence-corrected chi connectivity index (χ2v) is 21.8. The first-order chi connectivity index (χ1) is 33.2. The van der Waals surface area contributed by atoms with Gasteiger partial charge in [0.25, 0.3) is 0 Å². The highest BCUT2D eigenvalue weighted by Gasteiger charge is 2.22. The van der Waals surface area contributed by atoms with Crippen LogP contribution in [0.15, 0.2) is 24.3 Å². The van der Waals surface area contributed by atoms with Crippen molar-refractivity contribution < 1.29 is 9.90 Å². The van der Waals surface area contributed by atoms with Crippen molar-refractivity contribution in [3.8, 4) is 0 Å². The van der Waals surface area contributed by atoms with Crippen LogP contribution in [0.25, 0.3) is 10.8 Å². The third-order valence-corrected chi connectivity index (χ3v) is 15.6. The summed E-state index contributed by atoms with van der Waals surface area (Å²) in [5.41, 5.74) is 4.75. The summed E-state index contributed by atoms with van der Waals surface area (Å²) >= 11 is 0. The van der Waals surface area contributed by atoms with Crippen molar-refractivity contribution >= 4 is 16.7 Å². The highest BCUT2D eigenvalue weighted by Crippen LogP contribution is 2.35. The van der Waals surface area contributed by atoms with Crippen LogP contribution in [0.5, 0.6) is 0 Å². The maximum Gasteiger partial charge on any atom is 0.336 e. The van der Waals surface area contributed by atoms with Gasteiger partial charge >= 0.3 is 5.97 Å². The van der Waals surface area contributed by atoms with Gasteiger partial charge in [0.2, 0.25) is 0 Å². The molecular formula is C65H116O2. The van der Waals surface area contributed by atoms with Crippen molar-refractivity contribution in [3.63, 3.8) is 0 Å². The number of fused-ring (bicyclic) bond motifs is 1. The molecule has 0 saturated heterocycles. The number of aryl methyl sites for hydroxylation is 1. The number of hydrogen-bond donors (Lipinski definition) is 1. The third kappa shape index (κ3) is 32.6. The third-order valence-electron chi connectivity index (χ3n) is 15.6. The molecule has 67 heavy (non-hydrogen) atoms. The van der Waals surface area contributed by atoms with Crippen LogP contribution in [-0.4, -0.2) is 11.1 Å². The van der Waals surface area contributed by atoms with Crippen molar-refractivity contribution in [2.24, 2.45) is 0 Å². The normalized spacial score (nSPS) is 11.7. The highest BCUT2D eigenvalue weighted by molar-refractivity contribution is 6.07. The molecule has 2 nitrogen and oxygen atoms in total. The molecule has 0 spiro atoms. The minimum absolute atomic E-state index is 0.624. The van der Waals surface area contributed by atoms with Gasteiger partial charge in [-0.3, -0.25) is 0 Å². The molecule has 0 bridgehead atoms. The summed E-state index contributed by atoms with van der Waals surface area (Å²) in [5.74, 6) is -0.718. The summed E-state index contributed by atoms with van der Waals surface area (Å²) in [7, 11) is 0. The Morgan fingerprint density at radius 3 is 0.746 bits per heavy atom. The predicted molar refractivity (Wildman–Crippen MR) is 301 cm³/mol. The van der Waals surface area contributed by atoms with Crippen LogP contribution in [0.3, 0.4) is 0 Å². The average molecular weight is 930 g/mol. The van der Waals surface area contributed by atoms with E-state index in [1.807, 2.05) is 0 Å². The van der Waals surface area contributed by atoms with Gasteiger partial charge in [-0.2, -0.15) is 0 Å². The Hall–Kier alpha value is -1.83. The molecule has 2 rings (SSSR count). The number of carboxylic acid groups (broad SMARTS) is 1. The number of hydrogen-bond acceptors (Lipinski definition) is 1. The van der Waals surface area contributed by atoms with Crippen molar-refractivity contribution in [1.29, 1.82) is 0 Å². The first-order valence-electron chi connectivity index (χ1n) is 30.9. The molecule has 1 N–H and O–H groups in total. The van der Waals surface area contributed by atoms with E-state index in [0.29, 0.717) is 5.56 Å². The van der Waals surface area contributed by atoms with Crippen LogP contribution < -0.4 is 0 Å². The standard InChI is InChI=1S/C65H116O2/c1-4-7-10-13-16-19-22-25-28-31-34-37-40-43-46-49-54-59-60(55-50-47-44-41-38-35-32-29-26-23-20-17-14-11-8-5-2)62(64(65(66)67)63-58-53-52-56-61(59)63)57-51-48-45-42-39-36-33-30-27-24-21-18-15-12-9-6-3/h52-53,56,58H,4-51,54-55,57H2,1-3H3,(H,66,67). The molecule has 0 saturated carbocycles. The Balaban J connectivity index is 1.89. The van der Waals surface area contributed by atoms with Crippen LogP contribution in [0.1, 0.15) is 356 Å². The molecule has 0 amide bonds. The summed E-state index contributed by atoms with van der Waals surface area (Å²) in [6.07, 6.45) is 69.3. The fourth-order valence-electron chi connectivity index (χ4n) is 11.3. The number of carboxylic acids is 1. The van der Waals surface area contributed by atoms with E-state index in [1.54, 1.807) is 0 Å². The molecule has 0 radical (unpaired) electrons. The number of rotatable bonds is 52. The van der Waals surface area contributed by atoms with E-state index in [2.05, 4.69) is 45.0 Å². The van der Waals surface area contributed by atoms with Crippen molar-refractivity contribution in [1.82, 2.24) is 0 Å². The molecule has 0 unspecified atom stereocenters. The lowest BCUT2D eigenvalue weighted by molar-refractivity contribution is 0.0697. The summed E-state index contributed by atoms with van der Waals surface area (Å²) in [5, 5.41) is 13.1. The molecule has 0 aromatic heterocycles. The van der Waals surface area contributed by atoms with Crippen LogP contribution in [0.2, 0.25) is 0 Å². The van der Waals surface area contributed by atoms with Crippen LogP contribution in [-0.2, 0) is 19.3 Å². The van der Waals surface area contributed by atoms with E-state index in [0.717, 1.165) is 31.1 Å². The lowest BCUT2D eigenvalue weighted by Gasteiger charge is -2.22. The van der Waals surface area contributed by atoms with Gasteiger partial charge < -0.3 is 5.11 Å². The Kier molecular flexibility index (Phi) is 42.6. The maximum absolute atomic E-state index is 13.2. The van der Waals surface area contributed by atoms with E-state index >= 15 is 0 Å². The smallest absolute Gasteiger partial charge is 0.336 e. The summed E-state index contributed by atoms with van der Waals surface area (Å²) in [6.45, 7) is 6.92. The van der Waals surface area contributed by atoms with E-state index in [4.69, 9.17) is 0 Å². The number of aromatic carboxylic acids is 1. The zero-order valence-electron chi connectivity index (χ0n) is 45.7. The van der Waals surface area contributed by atoms with E-state index in [9.17, 15) is 9.90 Å². The quantitative estimate of drug-likeness (QED) is 0.0671. The lowest BCUT2D eigenvalue weighted by Crippen LogP contribution is -2.12. The molecule has 0 aliphatic rings. The van der Waals surface area contributed by atoms with Crippen molar-refractivity contribution in [2.45, 2.75) is 348 Å². The zero-order chi connectivity index (χ0) is 47.9. The first kappa shape index (κ1) is 61.3. The summed E-state index contributed by atoms with van der Waals surface area (Å²) in [4.78, 5) is 13.2. The molecule has 2 aromatic carbocycles. The maximum atomic E-state index is 13.2. The molecule has 2 aromatic rings. The van der Waals surface area contributed by atoms with Crippen LogP contribution in [0, 0.1) is 0 Å². The number of unbranched alkanes of at least 4 members (excludes halogenated alkanes) is 45. The van der Waals surface area contributed by atoms with Crippen molar-refractivity contribution in [2.75, 3.05) is 0 Å². The minimum atomic E-state index is -0.718. The van der Waals surface area contributed by atoms with E-state index in [1.165, 1.54) is 324 Å². The second-order valence-electron chi connectivity index (χ2n) is 21.8. The SMILES string of the molecule is CCCCCCCCCCCCCCCCCCc1c(CCCCCCCCCCCCCCCCCC)c(C(=O)O)c2ccccc2c1CCCCCCCCCCCCCCCCCC. The van der Waals surface area contributed by atoms with Crippen LogP contribution >= 0.6 is 0 Å². The molecule has 0 atom stereocenters. The summed E-state index contributed by atoms with van der Waals surface area (Å²) in [6, 6.07) is 8.59. The number of benzene rings is 2. The monoisotopic (exact) mass is 929 g/mol. The van der Waals surface area contributed by atoms with Crippen molar-refractivity contribution in [3.05, 3.63) is 46.5 Å². The Morgan fingerprint density at radius 2 is 0.493 bits per heavy atom. The second kappa shape index (κ2) is 46.5. The first-order valence-corrected chi connectivity index (χ1v) is 30.9. The van der Waals surface area contributed by atoms with Gasteiger partial charge in [0.05, 0.1) is 5.56 Å². The molecule has 0 heterocycles. The molecular weight excluding hydrogens is 813 g/mol. The van der Waals surface area contributed by atoms with Gasteiger partial charge in [-0.05, 0) is 66.0 Å². The summed E-state index contributed by atoms with van der Waals surface area (Å²) < 4.78 is 0. The Morgan fingerprint density at radius 1 is 0.284 bits per heavy atom. The Labute approximate surface area is 419 Å². The van der Waals surface area contributed by atoms with Gasteiger partial charge in [0.15, 0.2) is 0 Å². The lowest BCUT2D eigenvalue weighted by atomic mass is 9.82. The molecule has 388 valence electrons. The van der Waals surface area contributed by atoms with Gasteiger partial charge in [0, 0.05) is 0 Å². The van der Waals surface area contributed by atoms with Gasteiger partial charge in [-0.1, -0.05) is 334 Å². The zero-order valence-corrected chi connectivity index (χ0v) is 45.7. The Bertz CT molecular complexity index is 1370. The topological polar surface area (TPSA) is 37.3 Å². The average Bonchev–Trinajstić information content (AvgIpc) is 3.33. The largest absolute Gasteiger partial charge is 0.478 e.